The van der Waals surface area contributed by atoms with Crippen LogP contribution in [-0.2, 0) is 9.59 Å². The van der Waals surface area contributed by atoms with E-state index in [2.05, 4.69) is 15.5 Å². The summed E-state index contributed by atoms with van der Waals surface area (Å²) in [6.45, 7) is 1.85. The molecule has 3 rings (SSSR count). The van der Waals surface area contributed by atoms with Crippen LogP contribution in [0.15, 0.2) is 28.6 Å². The van der Waals surface area contributed by atoms with E-state index in [1.54, 1.807) is 4.90 Å². The number of aromatic nitrogens is 2. The molecule has 0 bridgehead atoms. The summed E-state index contributed by atoms with van der Waals surface area (Å²) in [5.41, 5.74) is 1.84. The van der Waals surface area contributed by atoms with Crippen LogP contribution >= 0.6 is 23.1 Å². The third-order valence-corrected chi connectivity index (χ3v) is 6.14. The Kier molecular flexibility index (Phi) is 6.33. The molecular formula is C18H23N5O2S2. The average molecular weight is 406 g/mol. The molecule has 0 atom stereocenters. The van der Waals surface area contributed by atoms with E-state index in [-0.39, 0.29) is 23.6 Å². The van der Waals surface area contributed by atoms with Crippen molar-refractivity contribution in [2.45, 2.75) is 36.6 Å². The van der Waals surface area contributed by atoms with Gasteiger partial charge in [0.05, 0.1) is 5.75 Å². The summed E-state index contributed by atoms with van der Waals surface area (Å²) < 4.78 is 0.692. The highest BCUT2D eigenvalue weighted by molar-refractivity contribution is 8.01. The second kappa shape index (κ2) is 8.71. The maximum absolute atomic E-state index is 12.2. The minimum atomic E-state index is -0.0990. The first kappa shape index (κ1) is 19.6. The molecule has 1 aliphatic rings. The molecule has 0 saturated heterocycles. The fourth-order valence-corrected chi connectivity index (χ4v) is 4.23. The van der Waals surface area contributed by atoms with E-state index in [1.807, 2.05) is 50.2 Å². The number of rotatable bonds is 8. The summed E-state index contributed by atoms with van der Waals surface area (Å²) in [7, 11) is 3.94. The van der Waals surface area contributed by atoms with Crippen LogP contribution in [0.25, 0.3) is 0 Å². The number of nitrogens with zero attached hydrogens (tertiary/aromatic N) is 4. The molecule has 1 heterocycles. The summed E-state index contributed by atoms with van der Waals surface area (Å²) in [5, 5.41) is 11.8. The smallest absolute Gasteiger partial charge is 0.234 e. The van der Waals surface area contributed by atoms with Crippen LogP contribution in [0.5, 0.6) is 0 Å². The van der Waals surface area contributed by atoms with Crippen molar-refractivity contribution in [1.82, 2.24) is 10.2 Å². The molecule has 9 heteroatoms. The standard InChI is InChI=1S/C18H23N5O2S2/c1-4-16(25)23(14-9-10-14)17-20-21-18(27-17)26-11-15(24)19-12-5-7-13(8-6-12)22(2)3/h5-8,14H,4,9-11H2,1-3H3,(H,19,24). The highest BCUT2D eigenvalue weighted by Gasteiger charge is 2.35. The Morgan fingerprint density at radius 3 is 2.52 bits per heavy atom. The van der Waals surface area contributed by atoms with Crippen molar-refractivity contribution in [3.05, 3.63) is 24.3 Å². The monoisotopic (exact) mass is 405 g/mol. The minimum Gasteiger partial charge on any atom is -0.378 e. The molecule has 0 radical (unpaired) electrons. The van der Waals surface area contributed by atoms with Gasteiger partial charge < -0.3 is 10.2 Å². The lowest BCUT2D eigenvalue weighted by Gasteiger charge is -2.17. The summed E-state index contributed by atoms with van der Waals surface area (Å²) in [6, 6.07) is 7.93. The van der Waals surface area contributed by atoms with Crippen LogP contribution in [-0.4, -0.2) is 47.9 Å². The van der Waals surface area contributed by atoms with Gasteiger partial charge in [-0.15, -0.1) is 10.2 Å². The van der Waals surface area contributed by atoms with E-state index in [4.69, 9.17) is 0 Å². The quantitative estimate of drug-likeness (QED) is 0.537. The molecule has 2 amide bonds. The Bertz CT molecular complexity index is 802. The number of hydrogen-bond donors (Lipinski definition) is 1. The first-order chi connectivity index (χ1) is 13.0. The lowest BCUT2D eigenvalue weighted by molar-refractivity contribution is -0.118. The molecular weight excluding hydrogens is 382 g/mol. The SMILES string of the molecule is CCC(=O)N(c1nnc(SCC(=O)Nc2ccc(N(C)C)cc2)s1)C1CC1. The number of thioether (sulfide) groups is 1. The molecule has 144 valence electrons. The summed E-state index contributed by atoms with van der Waals surface area (Å²) in [6.07, 6.45) is 2.49. The normalized spacial score (nSPS) is 13.3. The molecule has 1 aliphatic carbocycles. The Morgan fingerprint density at radius 1 is 1.22 bits per heavy atom. The topological polar surface area (TPSA) is 78.4 Å². The second-order valence-electron chi connectivity index (χ2n) is 6.48. The Labute approximate surface area is 167 Å². The van der Waals surface area contributed by atoms with Gasteiger partial charge in [-0.2, -0.15) is 0 Å². The molecule has 1 fully saturated rings. The Balaban J connectivity index is 1.53. The zero-order valence-corrected chi connectivity index (χ0v) is 17.3. The maximum atomic E-state index is 12.2. The predicted molar refractivity (Wildman–Crippen MR) is 111 cm³/mol. The van der Waals surface area contributed by atoms with Gasteiger partial charge in [-0.1, -0.05) is 30.0 Å². The number of hydrogen-bond acceptors (Lipinski definition) is 7. The van der Waals surface area contributed by atoms with Crippen molar-refractivity contribution in [1.29, 1.82) is 0 Å². The lowest BCUT2D eigenvalue weighted by Crippen LogP contribution is -2.32. The number of benzene rings is 1. The number of anilines is 3. The minimum absolute atomic E-state index is 0.0733. The van der Waals surface area contributed by atoms with Crippen LogP contribution in [0.3, 0.4) is 0 Å². The van der Waals surface area contributed by atoms with E-state index >= 15 is 0 Å². The average Bonchev–Trinajstić information content (AvgIpc) is 3.38. The molecule has 2 aromatic rings. The number of carbonyl (C=O) groups is 2. The highest BCUT2D eigenvalue weighted by Crippen LogP contribution is 2.36. The van der Waals surface area contributed by atoms with Crippen LogP contribution < -0.4 is 15.1 Å². The van der Waals surface area contributed by atoms with Gasteiger partial charge in [0.15, 0.2) is 4.34 Å². The first-order valence-electron chi connectivity index (χ1n) is 8.83. The van der Waals surface area contributed by atoms with Gasteiger partial charge in [-0.25, -0.2) is 0 Å². The van der Waals surface area contributed by atoms with Crippen molar-refractivity contribution in [3.8, 4) is 0 Å². The zero-order chi connectivity index (χ0) is 19.4. The van der Waals surface area contributed by atoms with Crippen molar-refractivity contribution in [2.24, 2.45) is 0 Å². The van der Waals surface area contributed by atoms with E-state index in [1.165, 1.54) is 23.1 Å². The molecule has 7 nitrogen and oxygen atoms in total. The fourth-order valence-electron chi connectivity index (χ4n) is 2.50. The highest BCUT2D eigenvalue weighted by atomic mass is 32.2. The molecule has 27 heavy (non-hydrogen) atoms. The maximum Gasteiger partial charge on any atom is 0.234 e. The Morgan fingerprint density at radius 2 is 1.93 bits per heavy atom. The van der Waals surface area contributed by atoms with Crippen molar-refractivity contribution in [3.63, 3.8) is 0 Å². The van der Waals surface area contributed by atoms with E-state index in [9.17, 15) is 9.59 Å². The van der Waals surface area contributed by atoms with E-state index in [0.717, 1.165) is 24.2 Å². The molecule has 0 aliphatic heterocycles. The second-order valence-corrected chi connectivity index (χ2v) is 8.66. The van der Waals surface area contributed by atoms with E-state index in [0.29, 0.717) is 15.9 Å². The third-order valence-electron chi connectivity index (χ3n) is 4.08. The molecule has 1 aromatic heterocycles. The van der Waals surface area contributed by atoms with Gasteiger partial charge >= 0.3 is 0 Å². The van der Waals surface area contributed by atoms with Crippen LogP contribution in [0, 0.1) is 0 Å². The van der Waals surface area contributed by atoms with Gasteiger partial charge in [0, 0.05) is 37.9 Å². The molecule has 0 spiro atoms. The van der Waals surface area contributed by atoms with Gasteiger partial charge in [0.2, 0.25) is 16.9 Å². The van der Waals surface area contributed by atoms with Gasteiger partial charge in [0.25, 0.3) is 0 Å². The number of carbonyl (C=O) groups excluding carboxylic acids is 2. The van der Waals surface area contributed by atoms with Gasteiger partial charge in [-0.05, 0) is 37.1 Å². The third kappa shape index (κ3) is 5.20. The van der Waals surface area contributed by atoms with Gasteiger partial charge in [-0.3, -0.25) is 14.5 Å². The van der Waals surface area contributed by atoms with Crippen LogP contribution in [0.4, 0.5) is 16.5 Å². The Hall–Kier alpha value is -2.13. The van der Waals surface area contributed by atoms with Crippen LogP contribution in [0.1, 0.15) is 26.2 Å². The molecule has 0 unspecified atom stereocenters. The first-order valence-corrected chi connectivity index (χ1v) is 10.6. The summed E-state index contributed by atoms with van der Waals surface area (Å²) in [4.78, 5) is 28.1. The molecule has 1 N–H and O–H groups in total. The van der Waals surface area contributed by atoms with Crippen molar-refractivity contribution in [2.75, 3.05) is 35.0 Å². The lowest BCUT2D eigenvalue weighted by atomic mass is 10.2. The van der Waals surface area contributed by atoms with Crippen LogP contribution in [0.2, 0.25) is 0 Å². The molecule has 1 aromatic carbocycles. The van der Waals surface area contributed by atoms with E-state index < -0.39 is 0 Å². The predicted octanol–water partition coefficient (Wildman–Crippen LogP) is 3.24. The van der Waals surface area contributed by atoms with Gasteiger partial charge in [0.1, 0.15) is 0 Å². The fraction of sp³-hybridized carbons (Fsp3) is 0.444. The van der Waals surface area contributed by atoms with Crippen molar-refractivity contribution < 1.29 is 9.59 Å². The number of amides is 2. The largest absolute Gasteiger partial charge is 0.378 e. The summed E-state index contributed by atoms with van der Waals surface area (Å²) in [5.74, 6) is 0.219. The molecule has 1 saturated carbocycles. The number of nitrogens with one attached hydrogen (secondary N) is 1. The zero-order valence-electron chi connectivity index (χ0n) is 15.6. The summed E-state index contributed by atoms with van der Waals surface area (Å²) >= 11 is 2.70. The van der Waals surface area contributed by atoms with Crippen molar-refractivity contribution >= 4 is 51.4 Å².